The van der Waals surface area contributed by atoms with Crippen LogP contribution in [0.3, 0.4) is 0 Å². The third kappa shape index (κ3) is 3.22. The summed E-state index contributed by atoms with van der Waals surface area (Å²) in [6.45, 7) is 5.06. The lowest BCUT2D eigenvalue weighted by Crippen LogP contribution is -2.01. The molecule has 1 N–H and O–H groups in total. The highest BCUT2D eigenvalue weighted by molar-refractivity contribution is 5.84. The fraction of sp³-hybridized carbons (Fsp3) is 0.500. The summed E-state index contributed by atoms with van der Waals surface area (Å²) in [4.78, 5) is 10.5. The van der Waals surface area contributed by atoms with E-state index in [4.69, 9.17) is 14.3 Å². The number of hydrogen-bond acceptors (Lipinski definition) is 3. The predicted octanol–water partition coefficient (Wildman–Crippen LogP) is 2.15. The molecule has 0 aromatic carbocycles. The highest BCUT2D eigenvalue weighted by Crippen LogP contribution is 2.09. The van der Waals surface area contributed by atoms with Crippen molar-refractivity contribution in [3.63, 3.8) is 0 Å². The SMILES string of the molecule is CC(C)COCc1ccc(C(=O)O)o1. The van der Waals surface area contributed by atoms with Crippen LogP contribution < -0.4 is 0 Å². The smallest absolute Gasteiger partial charge is 0.371 e. The number of carboxylic acids is 1. The molecule has 0 aliphatic rings. The molecule has 1 heterocycles. The third-order valence-electron chi connectivity index (χ3n) is 1.57. The molecular formula is C10H14O4. The van der Waals surface area contributed by atoms with E-state index in [1.54, 1.807) is 6.07 Å². The average Bonchev–Trinajstić information content (AvgIpc) is 2.52. The Morgan fingerprint density at radius 1 is 1.57 bits per heavy atom. The first-order chi connectivity index (χ1) is 6.59. The minimum absolute atomic E-state index is 0.0480. The van der Waals surface area contributed by atoms with Crippen molar-refractivity contribution in [3.8, 4) is 0 Å². The maximum Gasteiger partial charge on any atom is 0.371 e. The van der Waals surface area contributed by atoms with Gasteiger partial charge in [-0.2, -0.15) is 0 Å². The van der Waals surface area contributed by atoms with Crippen molar-refractivity contribution in [1.82, 2.24) is 0 Å². The van der Waals surface area contributed by atoms with Crippen molar-refractivity contribution >= 4 is 5.97 Å². The first-order valence-corrected chi connectivity index (χ1v) is 4.49. The van der Waals surface area contributed by atoms with Crippen molar-refractivity contribution in [2.75, 3.05) is 6.61 Å². The Balaban J connectivity index is 2.40. The van der Waals surface area contributed by atoms with Gasteiger partial charge >= 0.3 is 5.97 Å². The van der Waals surface area contributed by atoms with Crippen molar-refractivity contribution < 1.29 is 19.1 Å². The second kappa shape index (κ2) is 4.81. The van der Waals surface area contributed by atoms with E-state index >= 15 is 0 Å². The van der Waals surface area contributed by atoms with E-state index in [2.05, 4.69) is 0 Å². The summed E-state index contributed by atoms with van der Waals surface area (Å²) in [5.74, 6) is -0.0970. The van der Waals surface area contributed by atoms with Gasteiger partial charge < -0.3 is 14.3 Å². The maximum atomic E-state index is 10.5. The summed E-state index contributed by atoms with van der Waals surface area (Å²) in [6.07, 6.45) is 0. The molecule has 0 atom stereocenters. The topological polar surface area (TPSA) is 59.7 Å². The lowest BCUT2D eigenvalue weighted by atomic mass is 10.2. The minimum Gasteiger partial charge on any atom is -0.475 e. The Bertz CT molecular complexity index is 301. The zero-order chi connectivity index (χ0) is 10.6. The van der Waals surface area contributed by atoms with Crippen LogP contribution in [0.4, 0.5) is 0 Å². The molecule has 78 valence electrons. The van der Waals surface area contributed by atoms with Gasteiger partial charge in [0.1, 0.15) is 12.4 Å². The molecule has 0 aliphatic heterocycles. The normalized spacial score (nSPS) is 10.8. The van der Waals surface area contributed by atoms with Gasteiger partial charge in [-0.25, -0.2) is 4.79 Å². The predicted molar refractivity (Wildman–Crippen MR) is 50.2 cm³/mol. The van der Waals surface area contributed by atoms with Crippen molar-refractivity contribution in [3.05, 3.63) is 23.7 Å². The average molecular weight is 198 g/mol. The van der Waals surface area contributed by atoms with E-state index in [9.17, 15) is 4.79 Å². The van der Waals surface area contributed by atoms with Crippen molar-refractivity contribution in [1.29, 1.82) is 0 Å². The van der Waals surface area contributed by atoms with E-state index in [0.717, 1.165) is 0 Å². The number of rotatable bonds is 5. The van der Waals surface area contributed by atoms with Gasteiger partial charge in [-0.1, -0.05) is 13.8 Å². The monoisotopic (exact) mass is 198 g/mol. The molecule has 1 aromatic rings. The molecule has 1 rings (SSSR count). The van der Waals surface area contributed by atoms with Crippen LogP contribution in [0, 0.1) is 5.92 Å². The Labute approximate surface area is 82.5 Å². The Morgan fingerprint density at radius 3 is 2.79 bits per heavy atom. The van der Waals surface area contributed by atoms with Crippen LogP contribution in [0.2, 0.25) is 0 Å². The molecule has 0 saturated heterocycles. The van der Waals surface area contributed by atoms with Gasteiger partial charge in [-0.15, -0.1) is 0 Å². The molecule has 0 radical (unpaired) electrons. The molecule has 0 fully saturated rings. The van der Waals surface area contributed by atoms with Crippen LogP contribution in [0.1, 0.15) is 30.2 Å². The molecule has 14 heavy (non-hydrogen) atoms. The largest absolute Gasteiger partial charge is 0.475 e. The number of furan rings is 1. The summed E-state index contributed by atoms with van der Waals surface area (Å²) in [6, 6.07) is 3.04. The van der Waals surface area contributed by atoms with Crippen LogP contribution in [0.5, 0.6) is 0 Å². The molecule has 0 amide bonds. The standard InChI is InChI=1S/C10H14O4/c1-7(2)5-13-6-8-3-4-9(14-8)10(11)12/h3-4,7H,5-6H2,1-2H3,(H,11,12). The molecule has 1 aromatic heterocycles. The first-order valence-electron chi connectivity index (χ1n) is 4.49. The molecule has 0 unspecified atom stereocenters. The summed E-state index contributed by atoms with van der Waals surface area (Å²) in [5.41, 5.74) is 0. The molecule has 0 aliphatic carbocycles. The second-order valence-corrected chi connectivity index (χ2v) is 3.48. The van der Waals surface area contributed by atoms with Gasteiger partial charge in [0, 0.05) is 6.61 Å². The molecule has 4 nitrogen and oxygen atoms in total. The lowest BCUT2D eigenvalue weighted by Gasteiger charge is -2.04. The van der Waals surface area contributed by atoms with Crippen LogP contribution in [0.25, 0.3) is 0 Å². The summed E-state index contributed by atoms with van der Waals surface area (Å²) in [7, 11) is 0. The Morgan fingerprint density at radius 2 is 2.29 bits per heavy atom. The zero-order valence-corrected chi connectivity index (χ0v) is 8.32. The number of carbonyl (C=O) groups is 1. The van der Waals surface area contributed by atoms with Crippen LogP contribution in [-0.4, -0.2) is 17.7 Å². The minimum atomic E-state index is -1.06. The Kier molecular flexibility index (Phi) is 3.71. The molecular weight excluding hydrogens is 184 g/mol. The fourth-order valence-electron chi connectivity index (χ4n) is 0.966. The van der Waals surface area contributed by atoms with E-state index in [0.29, 0.717) is 24.9 Å². The Hall–Kier alpha value is -1.29. The van der Waals surface area contributed by atoms with E-state index in [-0.39, 0.29) is 5.76 Å². The van der Waals surface area contributed by atoms with Gasteiger partial charge in [-0.05, 0) is 18.1 Å². The van der Waals surface area contributed by atoms with Crippen LogP contribution in [-0.2, 0) is 11.3 Å². The number of hydrogen-bond donors (Lipinski definition) is 1. The molecule has 4 heteroatoms. The molecule has 0 saturated carbocycles. The van der Waals surface area contributed by atoms with E-state index < -0.39 is 5.97 Å². The van der Waals surface area contributed by atoms with E-state index in [1.165, 1.54) is 6.07 Å². The van der Waals surface area contributed by atoms with Crippen LogP contribution in [0.15, 0.2) is 16.5 Å². The number of aromatic carboxylic acids is 1. The van der Waals surface area contributed by atoms with Crippen molar-refractivity contribution in [2.45, 2.75) is 20.5 Å². The van der Waals surface area contributed by atoms with Gasteiger partial charge in [-0.3, -0.25) is 0 Å². The van der Waals surface area contributed by atoms with E-state index in [1.807, 2.05) is 13.8 Å². The number of ether oxygens (including phenoxy) is 1. The highest BCUT2D eigenvalue weighted by atomic mass is 16.5. The molecule has 0 bridgehead atoms. The number of carboxylic acid groups (broad SMARTS) is 1. The van der Waals surface area contributed by atoms with Gasteiger partial charge in [0.05, 0.1) is 0 Å². The zero-order valence-electron chi connectivity index (χ0n) is 8.32. The van der Waals surface area contributed by atoms with Gasteiger partial charge in [0.15, 0.2) is 0 Å². The summed E-state index contributed by atoms with van der Waals surface area (Å²) < 4.78 is 10.3. The maximum absolute atomic E-state index is 10.5. The fourth-order valence-corrected chi connectivity index (χ4v) is 0.966. The molecule has 0 spiro atoms. The highest BCUT2D eigenvalue weighted by Gasteiger charge is 2.08. The second-order valence-electron chi connectivity index (χ2n) is 3.48. The van der Waals surface area contributed by atoms with Crippen molar-refractivity contribution in [2.24, 2.45) is 5.92 Å². The van der Waals surface area contributed by atoms with Gasteiger partial charge in [0.25, 0.3) is 0 Å². The first kappa shape index (κ1) is 10.8. The quantitative estimate of drug-likeness (QED) is 0.787. The van der Waals surface area contributed by atoms with Gasteiger partial charge in [0.2, 0.25) is 5.76 Å². The summed E-state index contributed by atoms with van der Waals surface area (Å²) in [5, 5.41) is 8.58. The third-order valence-corrected chi connectivity index (χ3v) is 1.57. The van der Waals surface area contributed by atoms with Crippen LogP contribution >= 0.6 is 0 Å². The lowest BCUT2D eigenvalue weighted by molar-refractivity contribution is 0.0635. The summed E-state index contributed by atoms with van der Waals surface area (Å²) >= 11 is 0.